The number of nitrogens with zero attached hydrogens (tertiary/aromatic N) is 2. The van der Waals surface area contributed by atoms with Crippen molar-refractivity contribution in [3.63, 3.8) is 0 Å². The molecule has 2 aromatic rings. The number of hydrogen-bond acceptors (Lipinski definition) is 5. The molecule has 110 valence electrons. The van der Waals surface area contributed by atoms with Gasteiger partial charge in [0.25, 0.3) is 10.1 Å². The predicted molar refractivity (Wildman–Crippen MR) is 79.2 cm³/mol. The van der Waals surface area contributed by atoms with Crippen molar-refractivity contribution in [2.45, 2.75) is 25.3 Å². The summed E-state index contributed by atoms with van der Waals surface area (Å²) in [5.74, 6) is 0. The summed E-state index contributed by atoms with van der Waals surface area (Å²) in [6.45, 7) is 4.89. The van der Waals surface area contributed by atoms with E-state index in [4.69, 9.17) is 4.55 Å². The number of thiazole rings is 1. The first-order chi connectivity index (χ1) is 8.91. The van der Waals surface area contributed by atoms with Gasteiger partial charge in [0.05, 0.1) is 10.6 Å². The Kier molecular flexibility index (Phi) is 5.23. The van der Waals surface area contributed by atoms with E-state index in [1.807, 2.05) is 19.2 Å². The van der Waals surface area contributed by atoms with Gasteiger partial charge in [-0.3, -0.25) is 4.55 Å². The van der Waals surface area contributed by atoms with Crippen LogP contribution in [0, 0.1) is 6.92 Å². The number of rotatable bonds is 3. The summed E-state index contributed by atoms with van der Waals surface area (Å²) in [5.41, 5.74) is 1.79. The van der Waals surface area contributed by atoms with Crippen LogP contribution in [-0.4, -0.2) is 17.5 Å². The van der Waals surface area contributed by atoms with Crippen LogP contribution >= 0.6 is 11.3 Å². The summed E-state index contributed by atoms with van der Waals surface area (Å²) in [5, 5.41) is 2.02. The Hall–Kier alpha value is -1.48. The normalized spacial score (nSPS) is 12.2. The SMILES string of the molecule is CCn1c(C)csc1=Nc1ccc(S(=O)(=O)O)cc1.N. The van der Waals surface area contributed by atoms with Crippen molar-refractivity contribution in [3.8, 4) is 0 Å². The molecule has 20 heavy (non-hydrogen) atoms. The summed E-state index contributed by atoms with van der Waals surface area (Å²) in [4.78, 5) is 5.19. The zero-order valence-corrected chi connectivity index (χ0v) is 12.9. The van der Waals surface area contributed by atoms with Crippen LogP contribution in [0.2, 0.25) is 0 Å². The molecule has 6 nitrogen and oxygen atoms in total. The summed E-state index contributed by atoms with van der Waals surface area (Å²) >= 11 is 1.53. The first kappa shape index (κ1) is 16.6. The van der Waals surface area contributed by atoms with E-state index in [9.17, 15) is 8.42 Å². The van der Waals surface area contributed by atoms with Crippen LogP contribution in [-0.2, 0) is 16.7 Å². The molecule has 2 rings (SSSR count). The van der Waals surface area contributed by atoms with E-state index in [2.05, 4.69) is 9.56 Å². The Morgan fingerprint density at radius 3 is 2.40 bits per heavy atom. The molecule has 0 saturated heterocycles. The molecule has 0 aliphatic carbocycles. The van der Waals surface area contributed by atoms with Gasteiger partial charge in [0, 0.05) is 17.6 Å². The van der Waals surface area contributed by atoms with E-state index >= 15 is 0 Å². The largest absolute Gasteiger partial charge is 0.344 e. The van der Waals surface area contributed by atoms with Gasteiger partial charge >= 0.3 is 0 Å². The van der Waals surface area contributed by atoms with Gasteiger partial charge in [-0.2, -0.15) is 8.42 Å². The molecule has 0 radical (unpaired) electrons. The monoisotopic (exact) mass is 315 g/mol. The van der Waals surface area contributed by atoms with E-state index in [1.54, 1.807) is 12.1 Å². The van der Waals surface area contributed by atoms with Crippen molar-refractivity contribution < 1.29 is 13.0 Å². The lowest BCUT2D eigenvalue weighted by Crippen LogP contribution is -2.14. The van der Waals surface area contributed by atoms with Gasteiger partial charge in [-0.05, 0) is 38.1 Å². The molecule has 1 aromatic heterocycles. The highest BCUT2D eigenvalue weighted by Gasteiger charge is 2.08. The topological polar surface area (TPSA) is 107 Å². The molecular weight excluding hydrogens is 298 g/mol. The molecule has 0 fully saturated rings. The molecular formula is C12H17N3O3S2. The molecule has 1 aromatic carbocycles. The van der Waals surface area contributed by atoms with Crippen LogP contribution in [0.4, 0.5) is 5.69 Å². The maximum absolute atomic E-state index is 10.9. The van der Waals surface area contributed by atoms with Crippen LogP contribution < -0.4 is 11.0 Å². The van der Waals surface area contributed by atoms with Crippen molar-refractivity contribution in [3.05, 3.63) is 40.1 Å². The lowest BCUT2D eigenvalue weighted by molar-refractivity contribution is 0.483. The van der Waals surface area contributed by atoms with Gasteiger partial charge in [0.2, 0.25) is 0 Å². The van der Waals surface area contributed by atoms with Crippen LogP contribution in [0.1, 0.15) is 12.6 Å². The van der Waals surface area contributed by atoms with Gasteiger partial charge in [-0.1, -0.05) is 0 Å². The maximum atomic E-state index is 10.9. The Morgan fingerprint density at radius 1 is 1.30 bits per heavy atom. The fourth-order valence-electron chi connectivity index (χ4n) is 1.69. The Balaban J connectivity index is 0.00000200. The third-order valence-electron chi connectivity index (χ3n) is 2.67. The fraction of sp³-hybridized carbons (Fsp3) is 0.250. The van der Waals surface area contributed by atoms with Crippen LogP contribution in [0.25, 0.3) is 0 Å². The molecule has 0 saturated carbocycles. The minimum Gasteiger partial charge on any atom is -0.344 e. The summed E-state index contributed by atoms with van der Waals surface area (Å²) < 4.78 is 32.8. The molecule has 0 aliphatic rings. The molecule has 0 unspecified atom stereocenters. The van der Waals surface area contributed by atoms with E-state index in [0.29, 0.717) is 5.69 Å². The summed E-state index contributed by atoms with van der Waals surface area (Å²) in [6.07, 6.45) is 0. The highest BCUT2D eigenvalue weighted by atomic mass is 32.2. The molecule has 8 heteroatoms. The van der Waals surface area contributed by atoms with E-state index in [-0.39, 0.29) is 11.0 Å². The lowest BCUT2D eigenvalue weighted by atomic mass is 10.3. The second-order valence-electron chi connectivity index (χ2n) is 3.98. The average molecular weight is 315 g/mol. The molecule has 4 N–H and O–H groups in total. The Bertz CT molecular complexity index is 743. The van der Waals surface area contributed by atoms with Crippen LogP contribution in [0.5, 0.6) is 0 Å². The first-order valence-electron chi connectivity index (χ1n) is 5.69. The number of hydrogen-bond donors (Lipinski definition) is 2. The predicted octanol–water partition coefficient (Wildman–Crippen LogP) is 2.52. The molecule has 0 spiro atoms. The smallest absolute Gasteiger partial charge is 0.294 e. The van der Waals surface area contributed by atoms with Gasteiger partial charge in [-0.25, -0.2) is 4.99 Å². The highest BCUT2D eigenvalue weighted by Crippen LogP contribution is 2.16. The lowest BCUT2D eigenvalue weighted by Gasteiger charge is -2.01. The molecule has 0 bridgehead atoms. The van der Waals surface area contributed by atoms with Crippen LogP contribution in [0.15, 0.2) is 39.5 Å². The molecule has 0 atom stereocenters. The van der Waals surface area contributed by atoms with Crippen molar-refractivity contribution >= 4 is 27.1 Å². The van der Waals surface area contributed by atoms with Gasteiger partial charge in [0.1, 0.15) is 0 Å². The summed E-state index contributed by atoms with van der Waals surface area (Å²) in [7, 11) is -4.15. The average Bonchev–Trinajstić information content (AvgIpc) is 2.69. The minimum absolute atomic E-state index is 0. The van der Waals surface area contributed by atoms with E-state index in [1.165, 1.54) is 23.5 Å². The second-order valence-corrected chi connectivity index (χ2v) is 6.24. The second kappa shape index (κ2) is 6.31. The molecule has 0 amide bonds. The van der Waals surface area contributed by atoms with Crippen molar-refractivity contribution in [1.82, 2.24) is 10.7 Å². The number of aryl methyl sites for hydroxylation is 1. The summed E-state index contributed by atoms with van der Waals surface area (Å²) in [6, 6.07) is 5.81. The fourth-order valence-corrected chi connectivity index (χ4v) is 3.13. The number of benzene rings is 1. The van der Waals surface area contributed by atoms with Gasteiger partial charge in [-0.15, -0.1) is 11.3 Å². The standard InChI is InChI=1S/C12H14N2O3S2.H3N/c1-3-14-9(2)8-18-12(14)13-10-4-6-11(7-5-10)19(15,16)17;/h4-8H,3H2,1-2H3,(H,15,16,17);1H3. The van der Waals surface area contributed by atoms with Crippen molar-refractivity contribution in [2.75, 3.05) is 0 Å². The van der Waals surface area contributed by atoms with E-state index in [0.717, 1.165) is 17.0 Å². The zero-order valence-electron chi connectivity index (χ0n) is 11.3. The maximum Gasteiger partial charge on any atom is 0.294 e. The molecule has 0 aliphatic heterocycles. The third-order valence-corrected chi connectivity index (χ3v) is 4.52. The van der Waals surface area contributed by atoms with Gasteiger partial charge in [0.15, 0.2) is 4.80 Å². The highest BCUT2D eigenvalue weighted by molar-refractivity contribution is 7.85. The zero-order chi connectivity index (χ0) is 14.0. The third kappa shape index (κ3) is 3.54. The first-order valence-corrected chi connectivity index (χ1v) is 8.01. The van der Waals surface area contributed by atoms with Crippen molar-refractivity contribution in [2.24, 2.45) is 4.99 Å². The Morgan fingerprint density at radius 2 is 1.90 bits per heavy atom. The van der Waals surface area contributed by atoms with Gasteiger partial charge < -0.3 is 10.7 Å². The number of aromatic nitrogens is 1. The van der Waals surface area contributed by atoms with E-state index < -0.39 is 10.1 Å². The van der Waals surface area contributed by atoms with Crippen molar-refractivity contribution in [1.29, 1.82) is 0 Å². The molecule has 1 heterocycles. The quantitative estimate of drug-likeness (QED) is 0.848. The Labute approximate surface area is 121 Å². The minimum atomic E-state index is -4.15. The van der Waals surface area contributed by atoms with Crippen LogP contribution in [0.3, 0.4) is 0 Å².